The van der Waals surface area contributed by atoms with Crippen molar-refractivity contribution in [3.8, 4) is 0 Å². The summed E-state index contributed by atoms with van der Waals surface area (Å²) in [6.07, 6.45) is 1.89. The summed E-state index contributed by atoms with van der Waals surface area (Å²) >= 11 is 1.29. The molecule has 3 nitrogen and oxygen atoms in total. The van der Waals surface area contributed by atoms with Crippen molar-refractivity contribution >= 4 is 23.4 Å². The van der Waals surface area contributed by atoms with Crippen LogP contribution in [0.3, 0.4) is 0 Å². The molecule has 0 heterocycles. The Hall–Kier alpha value is -1.23. The van der Waals surface area contributed by atoms with Gasteiger partial charge in [-0.1, -0.05) is 13.8 Å². The number of carbonyl (C=O) groups is 1. The predicted molar refractivity (Wildman–Crippen MR) is 78.7 cm³/mol. The van der Waals surface area contributed by atoms with Crippen LogP contribution in [0.15, 0.2) is 23.1 Å². The fraction of sp³-hybridized carbons (Fsp3) is 0.500. The molecule has 1 amide bonds. The fourth-order valence-corrected chi connectivity index (χ4v) is 2.66. The van der Waals surface area contributed by atoms with Gasteiger partial charge in [0.1, 0.15) is 5.82 Å². The number of benzene rings is 1. The van der Waals surface area contributed by atoms with Gasteiger partial charge in [-0.15, -0.1) is 11.8 Å². The molecule has 0 saturated heterocycles. The van der Waals surface area contributed by atoms with E-state index in [0.29, 0.717) is 16.3 Å². The first kappa shape index (κ1) is 15.8. The van der Waals surface area contributed by atoms with Gasteiger partial charge in [-0.25, -0.2) is 4.39 Å². The van der Waals surface area contributed by atoms with Crippen LogP contribution in [-0.4, -0.2) is 29.6 Å². The topological polar surface area (TPSA) is 46.3 Å². The van der Waals surface area contributed by atoms with Gasteiger partial charge in [0.15, 0.2) is 0 Å². The minimum Gasteiger partial charge on any atom is -0.398 e. The van der Waals surface area contributed by atoms with Crippen molar-refractivity contribution < 1.29 is 9.18 Å². The standard InChI is InChI=1S/C14H21FN2OS/c1-3-7-17(8-4-2)14(18)10-19-13-9-11(15)5-6-12(13)16/h5-6,9H,3-4,7-8,10,16H2,1-2H3. The molecule has 2 N–H and O–H groups in total. The van der Waals surface area contributed by atoms with Gasteiger partial charge in [0.25, 0.3) is 0 Å². The summed E-state index contributed by atoms with van der Waals surface area (Å²) in [5.74, 6) is 0.0497. The monoisotopic (exact) mass is 284 g/mol. The van der Waals surface area contributed by atoms with Crippen molar-refractivity contribution in [1.29, 1.82) is 0 Å². The van der Waals surface area contributed by atoms with Crippen LogP contribution in [0.4, 0.5) is 10.1 Å². The molecule has 106 valence electrons. The van der Waals surface area contributed by atoms with Gasteiger partial charge in [-0.3, -0.25) is 4.79 Å². The highest BCUT2D eigenvalue weighted by atomic mass is 32.2. The summed E-state index contributed by atoms with van der Waals surface area (Å²) in [6, 6.07) is 4.22. The Morgan fingerprint density at radius 1 is 1.32 bits per heavy atom. The molecule has 0 unspecified atom stereocenters. The molecule has 1 aromatic rings. The maximum atomic E-state index is 13.1. The Labute approximate surface area is 118 Å². The number of thioether (sulfide) groups is 1. The van der Waals surface area contributed by atoms with E-state index in [0.717, 1.165) is 25.9 Å². The molecule has 0 saturated carbocycles. The minimum atomic E-state index is -0.330. The second kappa shape index (κ2) is 8.04. The van der Waals surface area contributed by atoms with Crippen molar-refractivity contribution in [1.82, 2.24) is 4.90 Å². The van der Waals surface area contributed by atoms with Crippen molar-refractivity contribution in [2.75, 3.05) is 24.6 Å². The van der Waals surface area contributed by atoms with Crippen LogP contribution >= 0.6 is 11.8 Å². The van der Waals surface area contributed by atoms with Crippen LogP contribution in [0.5, 0.6) is 0 Å². The summed E-state index contributed by atoms with van der Waals surface area (Å²) in [5.41, 5.74) is 6.27. The van der Waals surface area contributed by atoms with Crippen LogP contribution in [0.25, 0.3) is 0 Å². The van der Waals surface area contributed by atoms with E-state index in [-0.39, 0.29) is 11.7 Å². The maximum absolute atomic E-state index is 13.1. The Morgan fingerprint density at radius 2 is 1.95 bits per heavy atom. The van der Waals surface area contributed by atoms with E-state index in [1.165, 1.54) is 30.0 Å². The highest BCUT2D eigenvalue weighted by Gasteiger charge is 2.13. The van der Waals surface area contributed by atoms with Crippen molar-refractivity contribution in [3.05, 3.63) is 24.0 Å². The van der Waals surface area contributed by atoms with Crippen molar-refractivity contribution in [2.24, 2.45) is 0 Å². The number of anilines is 1. The van der Waals surface area contributed by atoms with E-state index in [2.05, 4.69) is 0 Å². The zero-order valence-electron chi connectivity index (χ0n) is 11.5. The molecule has 0 aliphatic carbocycles. The molecule has 1 rings (SSSR count). The summed E-state index contributed by atoms with van der Waals surface area (Å²) < 4.78 is 13.1. The van der Waals surface area contributed by atoms with Gasteiger partial charge >= 0.3 is 0 Å². The number of halogens is 1. The average Bonchev–Trinajstić information content (AvgIpc) is 2.39. The van der Waals surface area contributed by atoms with E-state index >= 15 is 0 Å². The van der Waals surface area contributed by atoms with Crippen molar-refractivity contribution in [3.63, 3.8) is 0 Å². The Bertz CT molecular complexity index is 420. The Morgan fingerprint density at radius 3 is 2.53 bits per heavy atom. The number of nitrogens with zero attached hydrogens (tertiary/aromatic N) is 1. The highest BCUT2D eigenvalue weighted by molar-refractivity contribution is 8.00. The lowest BCUT2D eigenvalue weighted by Gasteiger charge is -2.21. The van der Waals surface area contributed by atoms with E-state index in [9.17, 15) is 9.18 Å². The quantitative estimate of drug-likeness (QED) is 0.618. The molecular weight excluding hydrogens is 263 g/mol. The summed E-state index contributed by atoms with van der Waals surface area (Å²) in [5, 5.41) is 0. The molecule has 0 atom stereocenters. The summed E-state index contributed by atoms with van der Waals surface area (Å²) in [7, 11) is 0. The highest BCUT2D eigenvalue weighted by Crippen LogP contribution is 2.25. The molecule has 0 bridgehead atoms. The first-order valence-electron chi connectivity index (χ1n) is 6.54. The largest absolute Gasteiger partial charge is 0.398 e. The maximum Gasteiger partial charge on any atom is 0.232 e. The van der Waals surface area contributed by atoms with Crippen LogP contribution in [0.1, 0.15) is 26.7 Å². The fourth-order valence-electron chi connectivity index (χ4n) is 1.77. The normalized spacial score (nSPS) is 10.5. The summed E-state index contributed by atoms with van der Waals surface area (Å²) in [4.78, 5) is 14.5. The van der Waals surface area contributed by atoms with Gasteiger partial charge < -0.3 is 10.6 Å². The molecule has 5 heteroatoms. The van der Waals surface area contributed by atoms with E-state index in [4.69, 9.17) is 5.73 Å². The number of nitrogen functional groups attached to an aromatic ring is 1. The van der Waals surface area contributed by atoms with Crippen LogP contribution in [0.2, 0.25) is 0 Å². The molecule has 0 aliphatic rings. The number of rotatable bonds is 7. The molecule has 1 aromatic carbocycles. The van der Waals surface area contributed by atoms with Crippen LogP contribution in [-0.2, 0) is 4.79 Å². The first-order valence-corrected chi connectivity index (χ1v) is 7.52. The number of amides is 1. The molecule has 0 radical (unpaired) electrons. The molecule has 0 aliphatic heterocycles. The molecule has 0 fully saturated rings. The lowest BCUT2D eigenvalue weighted by molar-refractivity contribution is -0.128. The third-order valence-corrected chi connectivity index (χ3v) is 3.72. The molecule has 19 heavy (non-hydrogen) atoms. The lowest BCUT2D eigenvalue weighted by Crippen LogP contribution is -2.33. The third kappa shape index (κ3) is 5.11. The van der Waals surface area contributed by atoms with E-state index in [1.54, 1.807) is 0 Å². The minimum absolute atomic E-state index is 0.0809. The number of nitrogens with two attached hydrogens (primary N) is 1. The predicted octanol–water partition coefficient (Wildman–Crippen LogP) is 3.15. The van der Waals surface area contributed by atoms with Gasteiger partial charge in [0.2, 0.25) is 5.91 Å². The molecule has 0 aromatic heterocycles. The van der Waals surface area contributed by atoms with Crippen molar-refractivity contribution in [2.45, 2.75) is 31.6 Å². The van der Waals surface area contributed by atoms with Gasteiger partial charge in [-0.05, 0) is 31.0 Å². The van der Waals surface area contributed by atoms with E-state index < -0.39 is 0 Å². The first-order chi connectivity index (χ1) is 9.08. The average molecular weight is 284 g/mol. The smallest absolute Gasteiger partial charge is 0.232 e. The van der Waals surface area contributed by atoms with Gasteiger partial charge in [0.05, 0.1) is 5.75 Å². The van der Waals surface area contributed by atoms with Gasteiger partial charge in [0, 0.05) is 23.7 Å². The number of carbonyl (C=O) groups excluding carboxylic acids is 1. The number of hydrogen-bond donors (Lipinski definition) is 1. The zero-order valence-corrected chi connectivity index (χ0v) is 12.3. The Kier molecular flexibility index (Phi) is 6.70. The van der Waals surface area contributed by atoms with Crippen LogP contribution in [0, 0.1) is 5.82 Å². The SMILES string of the molecule is CCCN(CCC)C(=O)CSc1cc(F)ccc1N. The van der Waals surface area contributed by atoms with E-state index in [1.807, 2.05) is 18.7 Å². The lowest BCUT2D eigenvalue weighted by atomic mass is 10.3. The third-order valence-electron chi connectivity index (χ3n) is 2.67. The molecular formula is C14H21FN2OS. The second-order valence-electron chi connectivity index (χ2n) is 4.35. The summed E-state index contributed by atoms with van der Waals surface area (Å²) in [6.45, 7) is 5.64. The zero-order chi connectivity index (χ0) is 14.3. The second-order valence-corrected chi connectivity index (χ2v) is 5.37. The van der Waals surface area contributed by atoms with Gasteiger partial charge in [-0.2, -0.15) is 0 Å². The number of hydrogen-bond acceptors (Lipinski definition) is 3. The Balaban J connectivity index is 2.59. The molecule has 0 spiro atoms. The van der Waals surface area contributed by atoms with Crippen LogP contribution < -0.4 is 5.73 Å².